The van der Waals surface area contributed by atoms with Crippen molar-refractivity contribution in [1.82, 2.24) is 9.38 Å². The summed E-state index contributed by atoms with van der Waals surface area (Å²) in [7, 11) is 0. The summed E-state index contributed by atoms with van der Waals surface area (Å²) in [4.78, 5) is 15.7. The Morgan fingerprint density at radius 3 is 2.53 bits per heavy atom. The van der Waals surface area contributed by atoms with E-state index in [0.717, 1.165) is 11.3 Å². The molecule has 0 radical (unpaired) electrons. The number of rotatable bonds is 0. The lowest BCUT2D eigenvalue weighted by atomic mass is 10.3. The predicted molar refractivity (Wildman–Crippen MR) is 62.3 cm³/mol. The summed E-state index contributed by atoms with van der Waals surface area (Å²) in [5, 5.41) is 0. The summed E-state index contributed by atoms with van der Waals surface area (Å²) in [6.45, 7) is 7.77. The Morgan fingerprint density at radius 2 is 1.87 bits per heavy atom. The van der Waals surface area contributed by atoms with Gasteiger partial charge in [-0.05, 0) is 25.5 Å². The highest BCUT2D eigenvalue weighted by Gasteiger charge is 1.97. The maximum Gasteiger partial charge on any atom is 0.258 e. The first-order chi connectivity index (χ1) is 7.16. The minimum absolute atomic E-state index is 0.0220. The van der Waals surface area contributed by atoms with Crippen LogP contribution in [0.1, 0.15) is 25.1 Å². The Labute approximate surface area is 89.4 Å². The number of pyridine rings is 1. The second kappa shape index (κ2) is 4.73. The Hall–Kier alpha value is -1.64. The van der Waals surface area contributed by atoms with Crippen LogP contribution < -0.4 is 5.56 Å². The zero-order chi connectivity index (χ0) is 11.4. The number of fused-ring (bicyclic) bond motifs is 1. The van der Waals surface area contributed by atoms with Crippen LogP contribution in [0.5, 0.6) is 0 Å². The summed E-state index contributed by atoms with van der Waals surface area (Å²) in [6, 6.07) is 5.33. The van der Waals surface area contributed by atoms with Gasteiger partial charge in [0.1, 0.15) is 5.65 Å². The molecule has 2 aromatic rings. The molecule has 3 heteroatoms. The fraction of sp³-hybridized carbons (Fsp3) is 0.333. The molecular weight excluding hydrogens is 188 g/mol. The van der Waals surface area contributed by atoms with E-state index >= 15 is 0 Å². The number of hydrogen-bond donors (Lipinski definition) is 0. The van der Waals surface area contributed by atoms with Crippen molar-refractivity contribution >= 4 is 5.65 Å². The summed E-state index contributed by atoms with van der Waals surface area (Å²) < 4.78 is 1.56. The highest BCUT2D eigenvalue weighted by Crippen LogP contribution is 2.01. The van der Waals surface area contributed by atoms with Crippen LogP contribution >= 0.6 is 0 Å². The molecule has 0 unspecified atom stereocenters. The minimum Gasteiger partial charge on any atom is -0.269 e. The van der Waals surface area contributed by atoms with E-state index in [4.69, 9.17) is 0 Å². The molecule has 0 bridgehead atoms. The molecule has 0 N–H and O–H groups in total. The number of aryl methyl sites for hydroxylation is 2. The van der Waals surface area contributed by atoms with Crippen LogP contribution in [-0.2, 0) is 0 Å². The van der Waals surface area contributed by atoms with Gasteiger partial charge in [-0.3, -0.25) is 9.20 Å². The molecule has 0 saturated heterocycles. The highest BCUT2D eigenvalue weighted by atomic mass is 16.1. The van der Waals surface area contributed by atoms with E-state index in [1.165, 1.54) is 6.07 Å². The summed E-state index contributed by atoms with van der Waals surface area (Å²) in [5.41, 5.74) is 2.50. The second-order valence-corrected chi connectivity index (χ2v) is 3.17. The normalized spacial score (nSPS) is 9.60. The van der Waals surface area contributed by atoms with Gasteiger partial charge >= 0.3 is 0 Å². The van der Waals surface area contributed by atoms with E-state index < -0.39 is 0 Å². The molecule has 2 rings (SSSR count). The third-order valence-corrected chi connectivity index (χ3v) is 1.94. The van der Waals surface area contributed by atoms with E-state index in [9.17, 15) is 4.79 Å². The number of hydrogen-bond acceptors (Lipinski definition) is 2. The van der Waals surface area contributed by atoms with Gasteiger partial charge in [0, 0.05) is 18.0 Å². The first-order valence-corrected chi connectivity index (χ1v) is 5.13. The molecule has 0 saturated carbocycles. The van der Waals surface area contributed by atoms with E-state index in [2.05, 4.69) is 4.98 Å². The van der Waals surface area contributed by atoms with E-state index in [1.54, 1.807) is 10.6 Å². The summed E-state index contributed by atoms with van der Waals surface area (Å²) in [5.74, 6) is 0. The first kappa shape index (κ1) is 11.4. The predicted octanol–water partition coefficient (Wildman–Crippen LogP) is 2.34. The Bertz CT molecular complexity index is 515. The third-order valence-electron chi connectivity index (χ3n) is 1.94. The third kappa shape index (κ3) is 2.43. The van der Waals surface area contributed by atoms with Crippen molar-refractivity contribution in [2.24, 2.45) is 0 Å². The summed E-state index contributed by atoms with van der Waals surface area (Å²) in [6.07, 6.45) is 1.80. The van der Waals surface area contributed by atoms with Crippen LogP contribution in [0.4, 0.5) is 0 Å². The quantitative estimate of drug-likeness (QED) is 0.660. The van der Waals surface area contributed by atoms with Gasteiger partial charge < -0.3 is 0 Å². The largest absolute Gasteiger partial charge is 0.269 e. The van der Waals surface area contributed by atoms with Crippen LogP contribution in [0.3, 0.4) is 0 Å². The lowest BCUT2D eigenvalue weighted by molar-refractivity contribution is 1.01. The molecule has 15 heavy (non-hydrogen) atoms. The van der Waals surface area contributed by atoms with Gasteiger partial charge in [-0.1, -0.05) is 19.9 Å². The zero-order valence-corrected chi connectivity index (χ0v) is 9.61. The molecule has 0 aliphatic rings. The second-order valence-electron chi connectivity index (χ2n) is 3.17. The SMILES string of the molecule is CC.Cc1ccc2nc(C)cc(=O)n2c1. The monoisotopic (exact) mass is 204 g/mol. The van der Waals surface area contributed by atoms with Crippen LogP contribution in [0.15, 0.2) is 29.2 Å². The average molecular weight is 204 g/mol. The molecular formula is C12H16N2O. The maximum absolute atomic E-state index is 11.5. The lowest BCUT2D eigenvalue weighted by Crippen LogP contribution is -2.14. The van der Waals surface area contributed by atoms with Crippen LogP contribution in [0.25, 0.3) is 5.65 Å². The van der Waals surface area contributed by atoms with Crippen LogP contribution in [0.2, 0.25) is 0 Å². The minimum atomic E-state index is -0.0220. The van der Waals surface area contributed by atoms with E-state index in [1.807, 2.05) is 39.8 Å². The van der Waals surface area contributed by atoms with Crippen molar-refractivity contribution in [2.75, 3.05) is 0 Å². The number of nitrogens with zero attached hydrogens (tertiary/aromatic N) is 2. The molecule has 3 nitrogen and oxygen atoms in total. The molecule has 80 valence electrons. The van der Waals surface area contributed by atoms with Crippen LogP contribution in [-0.4, -0.2) is 9.38 Å². The van der Waals surface area contributed by atoms with Crippen LogP contribution in [0, 0.1) is 13.8 Å². The maximum atomic E-state index is 11.5. The zero-order valence-electron chi connectivity index (χ0n) is 9.61. The van der Waals surface area contributed by atoms with Crippen molar-refractivity contribution < 1.29 is 0 Å². The molecule has 0 aliphatic heterocycles. The fourth-order valence-electron chi connectivity index (χ4n) is 1.33. The molecule has 0 aromatic carbocycles. The van der Waals surface area contributed by atoms with E-state index in [0.29, 0.717) is 5.65 Å². The molecule has 0 atom stereocenters. The highest BCUT2D eigenvalue weighted by molar-refractivity contribution is 5.39. The topological polar surface area (TPSA) is 34.4 Å². The molecule has 2 aromatic heterocycles. The van der Waals surface area contributed by atoms with Gasteiger partial charge in [0.25, 0.3) is 5.56 Å². The molecule has 0 aliphatic carbocycles. The average Bonchev–Trinajstić information content (AvgIpc) is 2.22. The lowest BCUT2D eigenvalue weighted by Gasteiger charge is -2.01. The molecule has 0 amide bonds. The van der Waals surface area contributed by atoms with Gasteiger partial charge in [0.05, 0.1) is 0 Å². The Morgan fingerprint density at radius 1 is 1.20 bits per heavy atom. The fourth-order valence-corrected chi connectivity index (χ4v) is 1.33. The van der Waals surface area contributed by atoms with E-state index in [-0.39, 0.29) is 5.56 Å². The molecule has 0 fully saturated rings. The van der Waals surface area contributed by atoms with Crippen molar-refractivity contribution in [3.8, 4) is 0 Å². The smallest absolute Gasteiger partial charge is 0.258 e. The summed E-state index contributed by atoms with van der Waals surface area (Å²) >= 11 is 0. The number of aromatic nitrogens is 2. The molecule has 0 spiro atoms. The Balaban J connectivity index is 0.000000531. The Kier molecular flexibility index (Phi) is 3.61. The van der Waals surface area contributed by atoms with Crippen molar-refractivity contribution in [2.45, 2.75) is 27.7 Å². The van der Waals surface area contributed by atoms with Gasteiger partial charge in [-0.2, -0.15) is 0 Å². The first-order valence-electron chi connectivity index (χ1n) is 5.13. The van der Waals surface area contributed by atoms with Crippen molar-refractivity contribution in [3.63, 3.8) is 0 Å². The van der Waals surface area contributed by atoms with Crippen molar-refractivity contribution in [3.05, 3.63) is 46.0 Å². The van der Waals surface area contributed by atoms with Gasteiger partial charge in [-0.25, -0.2) is 4.98 Å². The standard InChI is InChI=1S/C10H10N2O.C2H6/c1-7-3-4-9-11-8(2)5-10(13)12(9)6-7;1-2/h3-6H,1-2H3;1-2H3. The van der Waals surface area contributed by atoms with Crippen molar-refractivity contribution in [1.29, 1.82) is 0 Å². The van der Waals surface area contributed by atoms with Gasteiger partial charge in [0.2, 0.25) is 0 Å². The van der Waals surface area contributed by atoms with Gasteiger partial charge in [-0.15, -0.1) is 0 Å². The van der Waals surface area contributed by atoms with Gasteiger partial charge in [0.15, 0.2) is 0 Å². The molecule has 2 heterocycles.